The Balaban J connectivity index is 1.82. The number of halogens is 1. The van der Waals surface area contributed by atoms with Gasteiger partial charge in [-0.2, -0.15) is 0 Å². The SMILES string of the molecule is Brc1ccc(NCCc2ccncc2)cc1. The second-order valence-electron chi connectivity index (χ2n) is 3.54. The first-order valence-electron chi connectivity index (χ1n) is 5.23. The number of pyridine rings is 1. The van der Waals surface area contributed by atoms with Gasteiger partial charge in [0.05, 0.1) is 0 Å². The highest BCUT2D eigenvalue weighted by atomic mass is 79.9. The molecule has 82 valence electrons. The van der Waals surface area contributed by atoms with Crippen molar-refractivity contribution in [2.45, 2.75) is 6.42 Å². The topological polar surface area (TPSA) is 24.9 Å². The zero-order valence-corrected chi connectivity index (χ0v) is 10.4. The van der Waals surface area contributed by atoms with Gasteiger partial charge in [-0.15, -0.1) is 0 Å². The zero-order valence-electron chi connectivity index (χ0n) is 8.86. The summed E-state index contributed by atoms with van der Waals surface area (Å²) in [4.78, 5) is 4.00. The Morgan fingerprint density at radius 3 is 2.38 bits per heavy atom. The summed E-state index contributed by atoms with van der Waals surface area (Å²) < 4.78 is 1.10. The second kappa shape index (κ2) is 5.66. The van der Waals surface area contributed by atoms with Crippen molar-refractivity contribution in [3.05, 3.63) is 58.8 Å². The van der Waals surface area contributed by atoms with Crippen LogP contribution in [0, 0.1) is 0 Å². The van der Waals surface area contributed by atoms with E-state index < -0.39 is 0 Å². The number of benzene rings is 1. The van der Waals surface area contributed by atoms with Crippen LogP contribution in [0.3, 0.4) is 0 Å². The van der Waals surface area contributed by atoms with Crippen LogP contribution in [0.5, 0.6) is 0 Å². The van der Waals surface area contributed by atoms with Crippen LogP contribution in [0.25, 0.3) is 0 Å². The maximum atomic E-state index is 4.00. The summed E-state index contributed by atoms with van der Waals surface area (Å²) in [6.45, 7) is 0.936. The van der Waals surface area contributed by atoms with Gasteiger partial charge in [-0.1, -0.05) is 15.9 Å². The van der Waals surface area contributed by atoms with Crippen molar-refractivity contribution in [1.29, 1.82) is 0 Å². The highest BCUT2D eigenvalue weighted by Crippen LogP contribution is 2.13. The van der Waals surface area contributed by atoms with Crippen molar-refractivity contribution in [1.82, 2.24) is 4.98 Å². The molecule has 1 heterocycles. The van der Waals surface area contributed by atoms with E-state index in [4.69, 9.17) is 0 Å². The standard InChI is InChI=1S/C13H13BrN2/c14-12-1-3-13(4-2-12)16-10-7-11-5-8-15-9-6-11/h1-6,8-9,16H,7,10H2. The molecule has 1 aromatic heterocycles. The largest absolute Gasteiger partial charge is 0.385 e. The van der Waals surface area contributed by atoms with Gasteiger partial charge in [0, 0.05) is 29.1 Å². The van der Waals surface area contributed by atoms with Gasteiger partial charge in [0.25, 0.3) is 0 Å². The number of nitrogens with one attached hydrogen (secondary N) is 1. The number of hydrogen-bond donors (Lipinski definition) is 1. The first-order chi connectivity index (χ1) is 7.84. The molecular weight excluding hydrogens is 264 g/mol. The Morgan fingerprint density at radius 2 is 1.69 bits per heavy atom. The molecule has 0 unspecified atom stereocenters. The van der Waals surface area contributed by atoms with Gasteiger partial charge in [0.2, 0.25) is 0 Å². The number of hydrogen-bond acceptors (Lipinski definition) is 2. The molecule has 0 aliphatic carbocycles. The van der Waals surface area contributed by atoms with Crippen molar-refractivity contribution in [2.75, 3.05) is 11.9 Å². The van der Waals surface area contributed by atoms with E-state index >= 15 is 0 Å². The number of rotatable bonds is 4. The number of aromatic nitrogens is 1. The molecule has 0 saturated heterocycles. The molecule has 1 N–H and O–H groups in total. The first kappa shape index (κ1) is 11.1. The lowest BCUT2D eigenvalue weighted by molar-refractivity contribution is 1.01. The average molecular weight is 277 g/mol. The van der Waals surface area contributed by atoms with E-state index in [2.05, 4.69) is 38.4 Å². The Kier molecular flexibility index (Phi) is 3.94. The summed E-state index contributed by atoms with van der Waals surface area (Å²) in [7, 11) is 0. The molecular formula is C13H13BrN2. The highest BCUT2D eigenvalue weighted by molar-refractivity contribution is 9.10. The summed E-state index contributed by atoms with van der Waals surface area (Å²) in [6, 6.07) is 12.3. The lowest BCUT2D eigenvalue weighted by atomic mass is 10.2. The Hall–Kier alpha value is -1.35. The monoisotopic (exact) mass is 276 g/mol. The molecule has 0 bridgehead atoms. The minimum atomic E-state index is 0.936. The normalized spacial score (nSPS) is 10.1. The predicted molar refractivity (Wildman–Crippen MR) is 70.6 cm³/mol. The molecule has 0 aliphatic heterocycles. The van der Waals surface area contributed by atoms with Crippen LogP contribution in [0.15, 0.2) is 53.3 Å². The summed E-state index contributed by atoms with van der Waals surface area (Å²) in [5.41, 5.74) is 2.46. The summed E-state index contributed by atoms with van der Waals surface area (Å²) in [6.07, 6.45) is 4.67. The molecule has 2 nitrogen and oxygen atoms in total. The Labute approximate surface area is 104 Å². The molecule has 0 spiro atoms. The van der Waals surface area contributed by atoms with E-state index in [9.17, 15) is 0 Å². The van der Waals surface area contributed by atoms with Crippen molar-refractivity contribution in [3.8, 4) is 0 Å². The van der Waals surface area contributed by atoms with Crippen molar-refractivity contribution in [2.24, 2.45) is 0 Å². The molecule has 0 fully saturated rings. The molecule has 16 heavy (non-hydrogen) atoms. The quantitative estimate of drug-likeness (QED) is 0.925. The maximum absolute atomic E-state index is 4.00. The third-order valence-corrected chi connectivity index (χ3v) is 2.87. The van der Waals surface area contributed by atoms with Gasteiger partial charge in [0.1, 0.15) is 0 Å². The van der Waals surface area contributed by atoms with Gasteiger partial charge in [0.15, 0.2) is 0 Å². The Morgan fingerprint density at radius 1 is 1.00 bits per heavy atom. The van der Waals surface area contributed by atoms with E-state index in [0.717, 1.165) is 23.1 Å². The lowest BCUT2D eigenvalue weighted by Gasteiger charge is -2.06. The number of anilines is 1. The van der Waals surface area contributed by atoms with Gasteiger partial charge < -0.3 is 5.32 Å². The molecule has 3 heteroatoms. The third-order valence-electron chi connectivity index (χ3n) is 2.34. The maximum Gasteiger partial charge on any atom is 0.0341 e. The van der Waals surface area contributed by atoms with E-state index in [1.54, 1.807) is 0 Å². The smallest absolute Gasteiger partial charge is 0.0341 e. The summed E-state index contributed by atoms with van der Waals surface area (Å²) >= 11 is 3.42. The minimum absolute atomic E-state index is 0.936. The van der Waals surface area contributed by atoms with Crippen LogP contribution >= 0.6 is 15.9 Å². The van der Waals surface area contributed by atoms with Gasteiger partial charge in [-0.3, -0.25) is 4.98 Å². The van der Waals surface area contributed by atoms with E-state index in [0.29, 0.717) is 0 Å². The molecule has 0 aliphatic rings. The van der Waals surface area contributed by atoms with Crippen molar-refractivity contribution < 1.29 is 0 Å². The fraction of sp³-hybridized carbons (Fsp3) is 0.154. The van der Waals surface area contributed by atoms with Crippen LogP contribution < -0.4 is 5.32 Å². The van der Waals surface area contributed by atoms with Crippen molar-refractivity contribution in [3.63, 3.8) is 0 Å². The van der Waals surface area contributed by atoms with E-state index in [-0.39, 0.29) is 0 Å². The summed E-state index contributed by atoms with van der Waals surface area (Å²) in [5, 5.41) is 3.38. The van der Waals surface area contributed by atoms with E-state index in [1.807, 2.05) is 36.7 Å². The summed E-state index contributed by atoms with van der Waals surface area (Å²) in [5.74, 6) is 0. The highest BCUT2D eigenvalue weighted by Gasteiger charge is 1.93. The van der Waals surface area contributed by atoms with Crippen LogP contribution in [-0.4, -0.2) is 11.5 Å². The average Bonchev–Trinajstić information content (AvgIpc) is 2.33. The molecule has 2 rings (SSSR count). The molecule has 2 aromatic rings. The van der Waals surface area contributed by atoms with Crippen LogP contribution in [0.2, 0.25) is 0 Å². The third kappa shape index (κ3) is 3.35. The lowest BCUT2D eigenvalue weighted by Crippen LogP contribution is -2.04. The zero-order chi connectivity index (χ0) is 11.2. The molecule has 0 atom stereocenters. The van der Waals surface area contributed by atoms with Crippen molar-refractivity contribution >= 4 is 21.6 Å². The van der Waals surface area contributed by atoms with Crippen LogP contribution in [-0.2, 0) is 6.42 Å². The minimum Gasteiger partial charge on any atom is -0.385 e. The fourth-order valence-electron chi connectivity index (χ4n) is 1.47. The predicted octanol–water partition coefficient (Wildman–Crippen LogP) is 3.50. The van der Waals surface area contributed by atoms with Gasteiger partial charge in [-0.25, -0.2) is 0 Å². The van der Waals surface area contributed by atoms with Crippen LogP contribution in [0.4, 0.5) is 5.69 Å². The number of nitrogens with zero attached hydrogens (tertiary/aromatic N) is 1. The Bertz CT molecular complexity index is 425. The molecule has 0 saturated carbocycles. The van der Waals surface area contributed by atoms with Gasteiger partial charge >= 0.3 is 0 Å². The molecule has 1 aromatic carbocycles. The molecule has 0 amide bonds. The fourth-order valence-corrected chi connectivity index (χ4v) is 1.73. The first-order valence-corrected chi connectivity index (χ1v) is 6.02. The van der Waals surface area contributed by atoms with Gasteiger partial charge in [-0.05, 0) is 48.4 Å². The van der Waals surface area contributed by atoms with E-state index in [1.165, 1.54) is 5.56 Å². The molecule has 0 radical (unpaired) electrons. The van der Waals surface area contributed by atoms with Crippen LogP contribution in [0.1, 0.15) is 5.56 Å². The second-order valence-corrected chi connectivity index (χ2v) is 4.45.